The van der Waals surface area contributed by atoms with Crippen LogP contribution in [0.5, 0.6) is 5.75 Å². The van der Waals surface area contributed by atoms with E-state index in [1.165, 1.54) is 18.5 Å². The number of sulfonamides is 1. The monoisotopic (exact) mass is 525 g/mol. The fraction of sp³-hybridized carbons (Fsp3) is 0.429. The number of hydrogen-bond donors (Lipinski definition) is 2. The third kappa shape index (κ3) is 5.29. The molecule has 0 amide bonds. The van der Waals surface area contributed by atoms with Crippen molar-refractivity contribution in [2.24, 2.45) is 0 Å². The lowest BCUT2D eigenvalue weighted by Crippen LogP contribution is -2.46. The number of nitrogens with zero attached hydrogens (tertiary/aromatic N) is 1. The SMILES string of the molecule is COc1c(-c2ccc3c(c2)CCC3C(C)(C)NS(C)(=O)=O)cc(-n2c(=O)cc[nH]c2=O)cc1C(C)(C)C. The lowest BCUT2D eigenvalue weighted by Gasteiger charge is -2.32. The Labute approximate surface area is 217 Å². The number of ether oxygens (including phenoxy) is 1. The fourth-order valence-electron chi connectivity index (χ4n) is 5.49. The Hall–Kier alpha value is -3.17. The van der Waals surface area contributed by atoms with E-state index in [2.05, 4.69) is 42.6 Å². The van der Waals surface area contributed by atoms with E-state index < -0.39 is 26.8 Å². The second-order valence-corrected chi connectivity index (χ2v) is 13.1. The third-order valence-corrected chi connectivity index (χ3v) is 7.95. The molecule has 0 fully saturated rings. The summed E-state index contributed by atoms with van der Waals surface area (Å²) in [5.41, 5.74) is 3.38. The third-order valence-electron chi connectivity index (χ3n) is 7.05. The van der Waals surface area contributed by atoms with Gasteiger partial charge in [0.25, 0.3) is 5.56 Å². The maximum absolute atomic E-state index is 12.6. The molecule has 1 heterocycles. The average molecular weight is 526 g/mol. The number of fused-ring (bicyclic) bond motifs is 1. The quantitative estimate of drug-likeness (QED) is 0.508. The molecular weight excluding hydrogens is 490 g/mol. The van der Waals surface area contributed by atoms with Crippen LogP contribution in [-0.4, -0.2) is 36.9 Å². The summed E-state index contributed by atoms with van der Waals surface area (Å²) in [5, 5.41) is 0. The zero-order chi connectivity index (χ0) is 27.3. The number of nitrogens with one attached hydrogen (secondary N) is 2. The molecular formula is C28H35N3O5S. The summed E-state index contributed by atoms with van der Waals surface area (Å²) in [7, 11) is -1.74. The summed E-state index contributed by atoms with van der Waals surface area (Å²) >= 11 is 0. The maximum Gasteiger partial charge on any atom is 0.332 e. The predicted octanol–water partition coefficient (Wildman–Crippen LogP) is 3.86. The van der Waals surface area contributed by atoms with E-state index in [0.717, 1.165) is 45.2 Å². The Morgan fingerprint density at radius 1 is 1.05 bits per heavy atom. The van der Waals surface area contributed by atoms with E-state index >= 15 is 0 Å². The van der Waals surface area contributed by atoms with Gasteiger partial charge in [-0.05, 0) is 60.9 Å². The standard InChI is InChI=1S/C28H35N3O5S/c1-27(2,3)23-16-19(31-24(32)12-13-29-26(31)33)15-21(25(23)36-6)18-8-10-20-17(14-18)9-11-22(20)28(4,5)30-37(7,34)35/h8,10,12-16,22,30H,9,11H2,1-7H3,(H,29,33). The van der Waals surface area contributed by atoms with Crippen LogP contribution in [0, 0.1) is 0 Å². The van der Waals surface area contributed by atoms with Crippen molar-refractivity contribution in [3.63, 3.8) is 0 Å². The van der Waals surface area contributed by atoms with Crippen molar-refractivity contribution in [1.29, 1.82) is 0 Å². The first-order valence-electron chi connectivity index (χ1n) is 12.3. The van der Waals surface area contributed by atoms with Crippen molar-refractivity contribution < 1.29 is 13.2 Å². The number of H-pyrrole nitrogens is 1. The second-order valence-electron chi connectivity index (χ2n) is 11.4. The lowest BCUT2D eigenvalue weighted by atomic mass is 9.82. The molecule has 1 aliphatic carbocycles. The van der Waals surface area contributed by atoms with Gasteiger partial charge in [0.1, 0.15) is 5.75 Å². The van der Waals surface area contributed by atoms with Crippen molar-refractivity contribution in [1.82, 2.24) is 14.3 Å². The minimum absolute atomic E-state index is 0.0334. The van der Waals surface area contributed by atoms with Crippen molar-refractivity contribution in [3.8, 4) is 22.6 Å². The van der Waals surface area contributed by atoms with Crippen molar-refractivity contribution in [2.75, 3.05) is 13.4 Å². The second kappa shape index (κ2) is 9.29. The summed E-state index contributed by atoms with van der Waals surface area (Å²) in [6, 6.07) is 11.1. The molecule has 3 aromatic rings. The Morgan fingerprint density at radius 3 is 2.35 bits per heavy atom. The summed E-state index contributed by atoms with van der Waals surface area (Å²) in [6.07, 6.45) is 4.17. The van der Waals surface area contributed by atoms with Crippen LogP contribution in [0.2, 0.25) is 0 Å². The van der Waals surface area contributed by atoms with Crippen LogP contribution < -0.4 is 20.7 Å². The largest absolute Gasteiger partial charge is 0.496 e. The molecule has 0 saturated carbocycles. The van der Waals surface area contributed by atoms with Crippen LogP contribution in [-0.2, 0) is 21.9 Å². The van der Waals surface area contributed by atoms with E-state index in [9.17, 15) is 18.0 Å². The van der Waals surface area contributed by atoms with Crippen LogP contribution >= 0.6 is 0 Å². The molecule has 0 bridgehead atoms. The van der Waals surface area contributed by atoms with Crippen LogP contribution in [0.4, 0.5) is 0 Å². The van der Waals surface area contributed by atoms with Crippen molar-refractivity contribution >= 4 is 10.0 Å². The molecule has 1 aromatic heterocycles. The average Bonchev–Trinajstić information content (AvgIpc) is 3.20. The molecule has 2 N–H and O–H groups in total. The van der Waals surface area contributed by atoms with Gasteiger partial charge < -0.3 is 9.72 Å². The van der Waals surface area contributed by atoms with Gasteiger partial charge in [0, 0.05) is 34.8 Å². The van der Waals surface area contributed by atoms with Gasteiger partial charge in [-0.3, -0.25) is 4.79 Å². The molecule has 198 valence electrons. The number of rotatable bonds is 6. The van der Waals surface area contributed by atoms with Crippen LogP contribution in [0.3, 0.4) is 0 Å². The topological polar surface area (TPSA) is 110 Å². The normalized spacial score (nSPS) is 16.0. The van der Waals surface area contributed by atoms with Crippen molar-refractivity contribution in [2.45, 2.75) is 64.3 Å². The summed E-state index contributed by atoms with van der Waals surface area (Å²) < 4.78 is 33.7. The number of aromatic nitrogens is 2. The Kier molecular flexibility index (Phi) is 6.75. The molecule has 37 heavy (non-hydrogen) atoms. The molecule has 1 aliphatic rings. The molecule has 0 aliphatic heterocycles. The Bertz CT molecular complexity index is 1550. The van der Waals surface area contributed by atoms with Crippen LogP contribution in [0.15, 0.2) is 52.2 Å². The molecule has 1 atom stereocenters. The highest BCUT2D eigenvalue weighted by molar-refractivity contribution is 7.88. The number of benzene rings is 2. The molecule has 0 spiro atoms. The van der Waals surface area contributed by atoms with Gasteiger partial charge in [-0.15, -0.1) is 0 Å². The molecule has 4 rings (SSSR count). The number of aryl methyl sites for hydroxylation is 1. The fourth-order valence-corrected chi connectivity index (χ4v) is 6.58. The zero-order valence-electron chi connectivity index (χ0n) is 22.4. The van der Waals surface area contributed by atoms with Gasteiger partial charge in [-0.1, -0.05) is 39.0 Å². The molecule has 0 saturated heterocycles. The van der Waals surface area contributed by atoms with Gasteiger partial charge in [0.15, 0.2) is 0 Å². The van der Waals surface area contributed by atoms with Gasteiger partial charge in [0.05, 0.1) is 19.1 Å². The smallest absolute Gasteiger partial charge is 0.332 e. The number of aromatic amines is 1. The van der Waals surface area contributed by atoms with E-state index in [4.69, 9.17) is 4.74 Å². The first-order chi connectivity index (χ1) is 17.1. The van der Waals surface area contributed by atoms with Crippen molar-refractivity contribution in [3.05, 3.63) is 80.1 Å². The van der Waals surface area contributed by atoms with E-state index in [-0.39, 0.29) is 11.3 Å². The Morgan fingerprint density at radius 2 is 1.76 bits per heavy atom. The highest BCUT2D eigenvalue weighted by Gasteiger charge is 2.37. The Balaban J connectivity index is 1.90. The highest BCUT2D eigenvalue weighted by Crippen LogP contribution is 2.45. The van der Waals surface area contributed by atoms with Crippen LogP contribution in [0.25, 0.3) is 16.8 Å². The maximum atomic E-state index is 12.6. The molecule has 8 nitrogen and oxygen atoms in total. The molecule has 0 radical (unpaired) electrons. The first-order valence-corrected chi connectivity index (χ1v) is 14.2. The highest BCUT2D eigenvalue weighted by atomic mass is 32.2. The molecule has 1 unspecified atom stereocenters. The van der Waals surface area contributed by atoms with Gasteiger partial charge >= 0.3 is 5.69 Å². The molecule has 2 aromatic carbocycles. The molecule has 9 heteroatoms. The first kappa shape index (κ1) is 26.9. The van der Waals surface area contributed by atoms with Gasteiger partial charge in [-0.25, -0.2) is 22.5 Å². The lowest BCUT2D eigenvalue weighted by molar-refractivity contribution is 0.369. The van der Waals surface area contributed by atoms with E-state index in [1.807, 2.05) is 32.0 Å². The number of methoxy groups -OCH3 is 1. The zero-order valence-corrected chi connectivity index (χ0v) is 23.2. The summed E-state index contributed by atoms with van der Waals surface area (Å²) in [5.74, 6) is 0.719. The number of hydrogen-bond acceptors (Lipinski definition) is 5. The van der Waals surface area contributed by atoms with Gasteiger partial charge in [-0.2, -0.15) is 0 Å². The van der Waals surface area contributed by atoms with Gasteiger partial charge in [0.2, 0.25) is 10.0 Å². The predicted molar refractivity (Wildman–Crippen MR) is 146 cm³/mol. The van der Waals surface area contributed by atoms with E-state index in [1.54, 1.807) is 7.11 Å². The summed E-state index contributed by atoms with van der Waals surface area (Å²) in [6.45, 7) is 10.00. The minimum atomic E-state index is -3.36. The summed E-state index contributed by atoms with van der Waals surface area (Å²) in [4.78, 5) is 27.8. The van der Waals surface area contributed by atoms with E-state index in [0.29, 0.717) is 11.4 Å². The minimum Gasteiger partial charge on any atom is -0.496 e. The van der Waals surface area contributed by atoms with Crippen LogP contribution in [0.1, 0.15) is 63.6 Å².